The number of amides is 2. The van der Waals surface area contributed by atoms with Crippen LogP contribution in [0.5, 0.6) is 0 Å². The van der Waals surface area contributed by atoms with Gasteiger partial charge in [0.25, 0.3) is 10.0 Å². The van der Waals surface area contributed by atoms with Crippen molar-refractivity contribution in [2.45, 2.75) is 102 Å². The van der Waals surface area contributed by atoms with Gasteiger partial charge in [-0.05, 0) is 107 Å². The molecule has 2 N–H and O–H groups in total. The minimum atomic E-state index is -4.10. The van der Waals surface area contributed by atoms with Gasteiger partial charge in [-0.25, -0.2) is 9.52 Å². The van der Waals surface area contributed by atoms with E-state index in [2.05, 4.69) is 21.2 Å². The van der Waals surface area contributed by atoms with Gasteiger partial charge in [-0.2, -0.15) is 13.5 Å². The highest BCUT2D eigenvalue weighted by Gasteiger charge is 2.50. The number of aryl methyl sites for hydroxylation is 3. The Labute approximate surface area is 213 Å². The number of carbonyl (C=O) groups excluding carboxylic acids is 1. The summed E-state index contributed by atoms with van der Waals surface area (Å²) in [5.41, 5.74) is 4.89. The Morgan fingerprint density at radius 2 is 1.67 bits per heavy atom. The van der Waals surface area contributed by atoms with Crippen LogP contribution in [0.2, 0.25) is 6.32 Å². The molecule has 0 saturated carbocycles. The lowest BCUT2D eigenvalue weighted by atomic mass is 9.83. The average Bonchev–Trinajstić information content (AvgIpc) is 3.55. The van der Waals surface area contributed by atoms with Crippen molar-refractivity contribution < 1.29 is 22.5 Å². The predicted octanol–water partition coefficient (Wildman–Crippen LogP) is 3.85. The van der Waals surface area contributed by atoms with Crippen LogP contribution in [0.15, 0.2) is 23.4 Å². The number of nitrogens with zero attached hydrogens (tertiary/aromatic N) is 2. The largest absolute Gasteiger partial charge is 0.457 e. The summed E-state index contributed by atoms with van der Waals surface area (Å²) in [6.07, 6.45) is 8.90. The van der Waals surface area contributed by atoms with Gasteiger partial charge in [-0.1, -0.05) is 6.07 Å². The smallest absolute Gasteiger partial charge is 0.403 e. The molecule has 0 unspecified atom stereocenters. The van der Waals surface area contributed by atoms with E-state index in [9.17, 15) is 13.2 Å². The molecule has 1 aromatic carbocycles. The van der Waals surface area contributed by atoms with E-state index in [0.717, 1.165) is 55.3 Å². The van der Waals surface area contributed by atoms with E-state index >= 15 is 0 Å². The summed E-state index contributed by atoms with van der Waals surface area (Å²) in [4.78, 5) is 12.8. The summed E-state index contributed by atoms with van der Waals surface area (Å²) in [5.74, 6) is 0. The van der Waals surface area contributed by atoms with Gasteiger partial charge in [-0.3, -0.25) is 4.68 Å². The third-order valence-electron chi connectivity index (χ3n) is 7.96. The Bertz CT molecular complexity index is 1240. The second-order valence-electron chi connectivity index (χ2n) is 11.0. The van der Waals surface area contributed by atoms with Crippen LogP contribution < -0.4 is 10.0 Å². The van der Waals surface area contributed by atoms with Crippen molar-refractivity contribution >= 4 is 28.9 Å². The Morgan fingerprint density at radius 3 is 2.28 bits per heavy atom. The summed E-state index contributed by atoms with van der Waals surface area (Å²) < 4.78 is 41.4. The molecule has 36 heavy (non-hydrogen) atoms. The maximum atomic E-state index is 12.9. The second-order valence-corrected chi connectivity index (χ2v) is 12.7. The maximum Gasteiger partial charge on any atom is 0.457 e. The predicted molar refractivity (Wildman–Crippen MR) is 138 cm³/mol. The summed E-state index contributed by atoms with van der Waals surface area (Å²) in [6, 6.07) is 2.92. The SMILES string of the molecule is CC1(C)OB(CCCn2ccc(S(=O)(=O)NC(=O)Nc3c4c(cc5c3CCC5)CCC4)n2)OC1(C)C. The van der Waals surface area contributed by atoms with E-state index in [1.165, 1.54) is 17.2 Å². The van der Waals surface area contributed by atoms with Gasteiger partial charge in [0.1, 0.15) is 0 Å². The van der Waals surface area contributed by atoms with Crippen LogP contribution in [0.25, 0.3) is 0 Å². The lowest BCUT2D eigenvalue weighted by Gasteiger charge is -2.32. The minimum Gasteiger partial charge on any atom is -0.403 e. The molecule has 3 aliphatic rings. The zero-order chi connectivity index (χ0) is 25.7. The average molecular weight is 514 g/mol. The van der Waals surface area contributed by atoms with Gasteiger partial charge in [0.15, 0.2) is 5.03 Å². The van der Waals surface area contributed by atoms with Crippen LogP contribution in [-0.4, -0.2) is 42.5 Å². The van der Waals surface area contributed by atoms with Gasteiger partial charge in [0, 0.05) is 18.4 Å². The first-order chi connectivity index (χ1) is 17.0. The molecule has 194 valence electrons. The van der Waals surface area contributed by atoms with Crippen LogP contribution in [0.3, 0.4) is 0 Å². The number of benzene rings is 1. The number of rotatable bonds is 7. The van der Waals surface area contributed by atoms with Crippen molar-refractivity contribution in [3.8, 4) is 0 Å². The first kappa shape index (κ1) is 25.3. The molecular formula is C25H35BN4O5S. The van der Waals surface area contributed by atoms with Crippen molar-refractivity contribution in [3.63, 3.8) is 0 Å². The number of nitrogens with one attached hydrogen (secondary N) is 2. The van der Waals surface area contributed by atoms with Gasteiger partial charge in [0.2, 0.25) is 0 Å². The van der Waals surface area contributed by atoms with Crippen molar-refractivity contribution in [1.29, 1.82) is 0 Å². The normalized spacial score (nSPS) is 19.8. The van der Waals surface area contributed by atoms with Gasteiger partial charge >= 0.3 is 13.1 Å². The fourth-order valence-corrected chi connectivity index (χ4v) is 6.25. The zero-order valence-electron chi connectivity index (χ0n) is 21.5. The monoisotopic (exact) mass is 514 g/mol. The molecule has 2 heterocycles. The van der Waals surface area contributed by atoms with Gasteiger partial charge in [-0.15, -0.1) is 0 Å². The van der Waals surface area contributed by atoms with E-state index in [4.69, 9.17) is 9.31 Å². The molecule has 0 bridgehead atoms. The van der Waals surface area contributed by atoms with E-state index in [0.29, 0.717) is 19.3 Å². The quantitative estimate of drug-likeness (QED) is 0.543. The van der Waals surface area contributed by atoms with Crippen molar-refractivity contribution in [2.75, 3.05) is 5.32 Å². The highest BCUT2D eigenvalue weighted by Crippen LogP contribution is 2.39. The summed E-state index contributed by atoms with van der Waals surface area (Å²) in [6.45, 7) is 8.56. The topological polar surface area (TPSA) is 112 Å². The lowest BCUT2D eigenvalue weighted by Crippen LogP contribution is -2.41. The number of hydrogen-bond acceptors (Lipinski definition) is 6. The minimum absolute atomic E-state index is 0.184. The molecule has 0 atom stereocenters. The summed E-state index contributed by atoms with van der Waals surface area (Å²) in [7, 11) is -4.41. The maximum absolute atomic E-state index is 12.9. The molecular weight excluding hydrogens is 479 g/mol. The number of hydrogen-bond donors (Lipinski definition) is 2. The van der Waals surface area contributed by atoms with Crippen molar-refractivity contribution in [1.82, 2.24) is 14.5 Å². The molecule has 0 radical (unpaired) electrons. The number of urea groups is 1. The molecule has 5 rings (SSSR count). The molecule has 9 nitrogen and oxygen atoms in total. The van der Waals surface area contributed by atoms with E-state index < -0.39 is 16.1 Å². The zero-order valence-corrected chi connectivity index (χ0v) is 22.3. The molecule has 2 aromatic rings. The molecule has 1 fully saturated rings. The molecule has 1 aliphatic heterocycles. The highest BCUT2D eigenvalue weighted by atomic mass is 32.2. The van der Waals surface area contributed by atoms with Crippen molar-refractivity contribution in [3.05, 3.63) is 40.6 Å². The lowest BCUT2D eigenvalue weighted by molar-refractivity contribution is 0.00578. The second kappa shape index (κ2) is 9.18. The molecule has 11 heteroatoms. The number of sulfonamides is 1. The van der Waals surface area contributed by atoms with Crippen LogP contribution >= 0.6 is 0 Å². The first-order valence-electron chi connectivity index (χ1n) is 12.8. The van der Waals surface area contributed by atoms with Crippen LogP contribution in [0.4, 0.5) is 10.5 Å². The highest BCUT2D eigenvalue weighted by molar-refractivity contribution is 7.90. The van der Waals surface area contributed by atoms with Gasteiger partial charge < -0.3 is 14.6 Å². The number of aromatic nitrogens is 2. The Hall–Kier alpha value is -2.37. The third kappa shape index (κ3) is 4.80. The molecule has 1 aromatic heterocycles. The number of fused-ring (bicyclic) bond motifs is 2. The molecule has 1 saturated heterocycles. The first-order valence-corrected chi connectivity index (χ1v) is 14.3. The van der Waals surface area contributed by atoms with Gasteiger partial charge in [0.05, 0.1) is 11.2 Å². The van der Waals surface area contributed by atoms with E-state index in [1.807, 2.05) is 27.7 Å². The molecule has 0 spiro atoms. The standard InChI is InChI=1S/C25H35BN4O5S/c1-24(2)25(3,4)35-26(34-24)13-7-14-30-15-12-21(28-30)36(32,33)29-23(31)27-22-19-10-5-8-17(19)16-18-9-6-11-20(18)22/h12,15-16H,5-11,13-14H2,1-4H3,(H2,27,29,31). The Balaban J connectivity index is 1.19. The fraction of sp³-hybridized carbons (Fsp3) is 0.600. The van der Waals surface area contributed by atoms with E-state index in [1.54, 1.807) is 10.9 Å². The van der Waals surface area contributed by atoms with E-state index in [-0.39, 0.29) is 23.3 Å². The molecule has 2 amide bonds. The summed E-state index contributed by atoms with van der Waals surface area (Å²) in [5, 5.41) is 6.86. The number of carbonyl (C=O) groups is 1. The third-order valence-corrected chi connectivity index (χ3v) is 9.18. The fourth-order valence-electron chi connectivity index (χ4n) is 5.39. The Morgan fingerprint density at radius 1 is 1.06 bits per heavy atom. The summed E-state index contributed by atoms with van der Waals surface area (Å²) >= 11 is 0. The Kier molecular flexibility index (Phi) is 6.45. The van der Waals surface area contributed by atoms with Crippen LogP contribution in [0, 0.1) is 0 Å². The van der Waals surface area contributed by atoms with Crippen molar-refractivity contribution in [2.24, 2.45) is 0 Å². The van der Waals surface area contributed by atoms with Crippen LogP contribution in [0.1, 0.15) is 69.2 Å². The molecule has 2 aliphatic carbocycles. The number of anilines is 1. The van der Waals surface area contributed by atoms with Crippen LogP contribution in [-0.2, 0) is 51.6 Å².